The maximum absolute atomic E-state index is 13.1. The highest BCUT2D eigenvalue weighted by Gasteiger charge is 2.18. The lowest BCUT2D eigenvalue weighted by atomic mass is 10.0. The second-order valence-corrected chi connectivity index (χ2v) is 5.23. The van der Waals surface area contributed by atoms with Crippen LogP contribution in [0.4, 0.5) is 4.39 Å². The first-order chi connectivity index (χ1) is 10.1. The Bertz CT molecular complexity index is 660. The Hall–Kier alpha value is -1.78. The van der Waals surface area contributed by atoms with E-state index in [2.05, 4.69) is 0 Å². The molecule has 0 aromatic heterocycles. The fourth-order valence-electron chi connectivity index (χ4n) is 2.25. The highest BCUT2D eigenvalue weighted by atomic mass is 35.5. The Labute approximate surface area is 126 Å². The normalized spacial score (nSPS) is 15.4. The molecule has 21 heavy (non-hydrogen) atoms. The molecule has 110 valence electrons. The van der Waals surface area contributed by atoms with Gasteiger partial charge in [-0.1, -0.05) is 23.7 Å². The molecular formula is C16H14ClFO3. The zero-order valence-corrected chi connectivity index (χ0v) is 11.9. The van der Waals surface area contributed by atoms with Crippen molar-refractivity contribution in [1.29, 1.82) is 0 Å². The van der Waals surface area contributed by atoms with E-state index in [0.29, 0.717) is 35.8 Å². The van der Waals surface area contributed by atoms with Crippen LogP contribution in [0.5, 0.6) is 11.5 Å². The molecule has 2 aromatic rings. The van der Waals surface area contributed by atoms with Crippen LogP contribution < -0.4 is 9.47 Å². The Morgan fingerprint density at radius 2 is 1.81 bits per heavy atom. The molecule has 5 heteroatoms. The molecule has 0 saturated carbocycles. The smallest absolute Gasteiger partial charge is 0.161 e. The molecule has 0 amide bonds. The number of rotatable bonds is 2. The minimum atomic E-state index is -0.949. The first-order valence-electron chi connectivity index (χ1n) is 6.68. The third-order valence-electron chi connectivity index (χ3n) is 3.34. The van der Waals surface area contributed by atoms with Crippen molar-refractivity contribution in [2.24, 2.45) is 0 Å². The van der Waals surface area contributed by atoms with Crippen LogP contribution in [0.25, 0.3) is 0 Å². The number of ether oxygens (including phenoxy) is 2. The topological polar surface area (TPSA) is 38.7 Å². The van der Waals surface area contributed by atoms with Crippen molar-refractivity contribution < 1.29 is 19.0 Å². The lowest BCUT2D eigenvalue weighted by molar-refractivity contribution is 0.219. The van der Waals surface area contributed by atoms with Crippen LogP contribution in [0.2, 0.25) is 5.02 Å². The van der Waals surface area contributed by atoms with Gasteiger partial charge in [0, 0.05) is 17.0 Å². The highest BCUT2D eigenvalue weighted by molar-refractivity contribution is 6.31. The zero-order chi connectivity index (χ0) is 14.8. The summed E-state index contributed by atoms with van der Waals surface area (Å²) in [4.78, 5) is 0. The summed E-state index contributed by atoms with van der Waals surface area (Å²) in [6, 6.07) is 9.17. The van der Waals surface area contributed by atoms with Gasteiger partial charge in [-0.05, 0) is 29.8 Å². The van der Waals surface area contributed by atoms with Crippen molar-refractivity contribution in [2.45, 2.75) is 12.5 Å². The molecule has 1 unspecified atom stereocenters. The molecule has 1 aliphatic rings. The summed E-state index contributed by atoms with van der Waals surface area (Å²) >= 11 is 5.99. The van der Waals surface area contributed by atoms with Crippen molar-refractivity contribution in [3.63, 3.8) is 0 Å². The van der Waals surface area contributed by atoms with E-state index in [1.165, 1.54) is 18.2 Å². The van der Waals surface area contributed by atoms with E-state index < -0.39 is 11.9 Å². The van der Waals surface area contributed by atoms with Crippen molar-refractivity contribution in [3.05, 3.63) is 58.4 Å². The molecule has 0 spiro atoms. The fourth-order valence-corrected chi connectivity index (χ4v) is 2.52. The monoisotopic (exact) mass is 308 g/mol. The summed E-state index contributed by atoms with van der Waals surface area (Å²) in [6.45, 7) is 1.18. The minimum absolute atomic E-state index is 0.189. The maximum atomic E-state index is 13.1. The minimum Gasteiger partial charge on any atom is -0.490 e. The summed E-state index contributed by atoms with van der Waals surface area (Å²) in [6.07, 6.45) is -0.133. The maximum Gasteiger partial charge on any atom is 0.161 e. The van der Waals surface area contributed by atoms with Gasteiger partial charge in [0.2, 0.25) is 0 Å². The van der Waals surface area contributed by atoms with Gasteiger partial charge in [-0.3, -0.25) is 0 Å². The van der Waals surface area contributed by atoms with Gasteiger partial charge in [-0.2, -0.15) is 0 Å². The molecular weight excluding hydrogens is 295 g/mol. The largest absolute Gasteiger partial charge is 0.490 e. The van der Waals surface area contributed by atoms with Gasteiger partial charge in [0.1, 0.15) is 11.9 Å². The van der Waals surface area contributed by atoms with Crippen LogP contribution in [0, 0.1) is 5.82 Å². The third-order valence-corrected chi connectivity index (χ3v) is 3.67. The molecule has 2 aromatic carbocycles. The molecule has 0 fully saturated rings. The van der Waals surface area contributed by atoms with Gasteiger partial charge in [0.05, 0.1) is 13.2 Å². The van der Waals surface area contributed by atoms with Crippen molar-refractivity contribution in [3.8, 4) is 11.5 Å². The molecule has 0 saturated heterocycles. The van der Waals surface area contributed by atoms with Crippen molar-refractivity contribution in [2.75, 3.05) is 13.2 Å². The average Bonchev–Trinajstić information content (AvgIpc) is 2.71. The van der Waals surface area contributed by atoms with Gasteiger partial charge < -0.3 is 14.6 Å². The predicted molar refractivity (Wildman–Crippen MR) is 77.5 cm³/mol. The summed E-state index contributed by atoms with van der Waals surface area (Å²) in [5.74, 6) is 0.825. The number of benzene rings is 2. The van der Waals surface area contributed by atoms with Crippen molar-refractivity contribution in [1.82, 2.24) is 0 Å². The first-order valence-corrected chi connectivity index (χ1v) is 7.05. The number of halogens is 2. The average molecular weight is 309 g/mol. The number of fused-ring (bicyclic) bond motifs is 1. The quantitative estimate of drug-likeness (QED) is 0.919. The van der Waals surface area contributed by atoms with E-state index in [-0.39, 0.29) is 5.02 Å². The van der Waals surface area contributed by atoms with Crippen LogP contribution in [-0.4, -0.2) is 18.3 Å². The first kappa shape index (κ1) is 14.2. The molecule has 3 nitrogen and oxygen atoms in total. The number of aliphatic hydroxyl groups is 1. The summed E-state index contributed by atoms with van der Waals surface area (Å²) in [5.41, 5.74) is 1.07. The van der Waals surface area contributed by atoms with Gasteiger partial charge in [0.25, 0.3) is 0 Å². The third kappa shape index (κ3) is 2.96. The molecule has 1 aliphatic heterocycles. The van der Waals surface area contributed by atoms with E-state index >= 15 is 0 Å². The van der Waals surface area contributed by atoms with E-state index in [9.17, 15) is 9.50 Å². The predicted octanol–water partition coefficient (Wildman–Crippen LogP) is 3.72. The summed E-state index contributed by atoms with van der Waals surface area (Å²) in [5, 5.41) is 10.6. The second-order valence-electron chi connectivity index (χ2n) is 4.83. The van der Waals surface area contributed by atoms with E-state index in [1.54, 1.807) is 18.2 Å². The number of aliphatic hydroxyl groups excluding tert-OH is 1. The SMILES string of the molecule is OC(c1ccc2c(c1)OCCCO2)c1ccc(F)cc1Cl. The van der Waals surface area contributed by atoms with Crippen LogP contribution in [-0.2, 0) is 0 Å². The number of hydrogen-bond donors (Lipinski definition) is 1. The molecule has 1 N–H and O–H groups in total. The van der Waals surface area contributed by atoms with Crippen molar-refractivity contribution >= 4 is 11.6 Å². The van der Waals surface area contributed by atoms with Crippen LogP contribution in [0.1, 0.15) is 23.7 Å². The Kier molecular flexibility index (Phi) is 3.99. The lowest BCUT2D eigenvalue weighted by Crippen LogP contribution is -2.02. The molecule has 0 bridgehead atoms. The number of hydrogen-bond acceptors (Lipinski definition) is 3. The highest BCUT2D eigenvalue weighted by Crippen LogP contribution is 2.35. The van der Waals surface area contributed by atoms with Gasteiger partial charge in [0.15, 0.2) is 11.5 Å². The molecule has 1 heterocycles. The molecule has 3 rings (SSSR count). The van der Waals surface area contributed by atoms with Gasteiger partial charge in [-0.15, -0.1) is 0 Å². The van der Waals surface area contributed by atoms with Crippen LogP contribution in [0.3, 0.4) is 0 Å². The Morgan fingerprint density at radius 1 is 1.05 bits per heavy atom. The second kappa shape index (κ2) is 5.92. The molecule has 0 aliphatic carbocycles. The zero-order valence-electron chi connectivity index (χ0n) is 11.2. The Balaban J connectivity index is 1.94. The van der Waals surface area contributed by atoms with E-state index in [4.69, 9.17) is 21.1 Å². The summed E-state index contributed by atoms with van der Waals surface area (Å²) < 4.78 is 24.2. The van der Waals surface area contributed by atoms with E-state index in [0.717, 1.165) is 6.42 Å². The van der Waals surface area contributed by atoms with Crippen LogP contribution >= 0.6 is 11.6 Å². The fraction of sp³-hybridized carbons (Fsp3) is 0.250. The Morgan fingerprint density at radius 3 is 2.57 bits per heavy atom. The van der Waals surface area contributed by atoms with Gasteiger partial charge in [-0.25, -0.2) is 4.39 Å². The standard InChI is InChI=1S/C16H14ClFO3/c17-13-9-11(18)3-4-12(13)16(19)10-2-5-14-15(8-10)21-7-1-6-20-14/h2-5,8-9,16,19H,1,6-7H2. The molecule has 0 radical (unpaired) electrons. The van der Waals surface area contributed by atoms with Crippen LogP contribution in [0.15, 0.2) is 36.4 Å². The molecule has 1 atom stereocenters. The summed E-state index contributed by atoms with van der Waals surface area (Å²) in [7, 11) is 0. The van der Waals surface area contributed by atoms with E-state index in [1.807, 2.05) is 0 Å². The lowest BCUT2D eigenvalue weighted by Gasteiger charge is -2.15. The van der Waals surface area contributed by atoms with Gasteiger partial charge >= 0.3 is 0 Å².